The van der Waals surface area contributed by atoms with E-state index in [1.165, 1.54) is 11.3 Å². The molecule has 0 unspecified atom stereocenters. The summed E-state index contributed by atoms with van der Waals surface area (Å²) in [6, 6.07) is 10.2. The van der Waals surface area contributed by atoms with Gasteiger partial charge in [-0.3, -0.25) is 9.69 Å². The number of aromatic nitrogens is 1. The molecule has 10 nitrogen and oxygen atoms in total. The summed E-state index contributed by atoms with van der Waals surface area (Å²) in [6.07, 6.45) is 0.469. The Morgan fingerprint density at radius 1 is 1.07 bits per heavy atom. The Balaban J connectivity index is 0.000000469. The van der Waals surface area contributed by atoms with Gasteiger partial charge in [0, 0.05) is 50.9 Å². The molecule has 0 spiro atoms. The number of carboxylic acids is 2. The van der Waals surface area contributed by atoms with Crippen LogP contribution in [0.25, 0.3) is 0 Å². The van der Waals surface area contributed by atoms with E-state index in [0.717, 1.165) is 32.7 Å². The Morgan fingerprint density at radius 2 is 1.70 bits per heavy atom. The molecule has 1 aliphatic heterocycles. The number of piperazine rings is 1. The number of nitrogens with zero attached hydrogens (tertiary/aromatic N) is 3. The first-order chi connectivity index (χ1) is 14.3. The molecule has 3 rings (SSSR count). The van der Waals surface area contributed by atoms with Crippen molar-refractivity contribution in [1.29, 1.82) is 0 Å². The van der Waals surface area contributed by atoms with Crippen LogP contribution < -0.4 is 10.2 Å². The molecule has 30 heavy (non-hydrogen) atoms. The monoisotopic (exact) mass is 418 g/mol. The number of benzene rings is 1. The van der Waals surface area contributed by atoms with Gasteiger partial charge in [-0.25, -0.2) is 9.59 Å². The van der Waals surface area contributed by atoms with Crippen LogP contribution in [0, 0.1) is 13.8 Å². The fourth-order valence-electron chi connectivity index (χ4n) is 3.02. The lowest BCUT2D eigenvalue weighted by molar-refractivity contribution is -0.159. The van der Waals surface area contributed by atoms with Gasteiger partial charge in [-0.05, 0) is 25.5 Å². The Bertz CT molecular complexity index is 862. The molecule has 0 bridgehead atoms. The summed E-state index contributed by atoms with van der Waals surface area (Å²) in [4.78, 5) is 34.9. The van der Waals surface area contributed by atoms with Crippen LogP contribution in [-0.2, 0) is 14.4 Å². The van der Waals surface area contributed by atoms with E-state index in [2.05, 4.69) is 51.5 Å². The van der Waals surface area contributed by atoms with Gasteiger partial charge < -0.3 is 25.0 Å². The van der Waals surface area contributed by atoms with Gasteiger partial charge in [0.2, 0.25) is 5.91 Å². The van der Waals surface area contributed by atoms with Crippen LogP contribution in [0.3, 0.4) is 0 Å². The summed E-state index contributed by atoms with van der Waals surface area (Å²) in [5.74, 6) is -2.49. The zero-order valence-electron chi connectivity index (χ0n) is 17.0. The maximum absolute atomic E-state index is 12.0. The summed E-state index contributed by atoms with van der Waals surface area (Å²) in [5, 5.41) is 21.3. The molecule has 1 aromatic heterocycles. The van der Waals surface area contributed by atoms with E-state index < -0.39 is 11.9 Å². The highest BCUT2D eigenvalue weighted by Crippen LogP contribution is 2.20. The Morgan fingerprint density at radius 3 is 2.23 bits per heavy atom. The predicted octanol–water partition coefficient (Wildman–Crippen LogP) is 1.60. The smallest absolute Gasteiger partial charge is 0.414 e. The van der Waals surface area contributed by atoms with Gasteiger partial charge in [-0.2, -0.15) is 0 Å². The number of rotatable bonds is 5. The maximum atomic E-state index is 12.0. The lowest BCUT2D eigenvalue weighted by Gasteiger charge is -2.36. The van der Waals surface area contributed by atoms with E-state index in [0.29, 0.717) is 18.0 Å². The van der Waals surface area contributed by atoms with Crippen LogP contribution in [0.4, 0.5) is 11.5 Å². The van der Waals surface area contributed by atoms with Crippen molar-refractivity contribution in [3.63, 3.8) is 0 Å². The van der Waals surface area contributed by atoms with Crippen LogP contribution in [-0.4, -0.2) is 70.8 Å². The van der Waals surface area contributed by atoms with E-state index in [9.17, 15) is 4.79 Å². The van der Waals surface area contributed by atoms with Crippen molar-refractivity contribution >= 4 is 29.4 Å². The number of amides is 1. The SMILES string of the molecule is Cc1cc(NC(=O)CCN2CCN(c3ccccc3C)CC2)no1.O=C(O)C(=O)O. The summed E-state index contributed by atoms with van der Waals surface area (Å²) in [6.45, 7) is 8.66. The van der Waals surface area contributed by atoms with Gasteiger partial charge in [0.1, 0.15) is 5.76 Å². The summed E-state index contributed by atoms with van der Waals surface area (Å²) in [5.41, 5.74) is 2.63. The molecule has 1 amide bonds. The molecule has 0 saturated carbocycles. The Kier molecular flexibility index (Phi) is 8.36. The fourth-order valence-corrected chi connectivity index (χ4v) is 3.02. The van der Waals surface area contributed by atoms with E-state index in [1.54, 1.807) is 13.0 Å². The Labute approximate surface area is 174 Å². The van der Waals surface area contributed by atoms with Gasteiger partial charge in [-0.1, -0.05) is 23.4 Å². The molecule has 1 aliphatic rings. The number of carbonyl (C=O) groups is 3. The standard InChI is InChI=1S/C18H24N4O2.C2H2O4/c1-14-5-3-4-6-16(14)22-11-9-21(10-12-22)8-7-18(23)19-17-13-15(2)24-20-17;3-1(4)2(5)6/h3-6,13H,7-12H2,1-2H3,(H,19,20,23);(H,3,4)(H,5,6). The van der Waals surface area contributed by atoms with Crippen molar-refractivity contribution in [2.75, 3.05) is 42.9 Å². The summed E-state index contributed by atoms with van der Waals surface area (Å²) < 4.78 is 4.94. The average Bonchev–Trinajstić information content (AvgIpc) is 3.12. The van der Waals surface area contributed by atoms with E-state index in [-0.39, 0.29) is 5.91 Å². The molecule has 0 aliphatic carbocycles. The topological polar surface area (TPSA) is 136 Å². The van der Waals surface area contributed by atoms with E-state index in [4.69, 9.17) is 24.3 Å². The minimum atomic E-state index is -1.82. The maximum Gasteiger partial charge on any atom is 0.414 e. The molecule has 1 saturated heterocycles. The second kappa shape index (κ2) is 11.0. The van der Waals surface area contributed by atoms with E-state index >= 15 is 0 Å². The molecule has 2 heterocycles. The van der Waals surface area contributed by atoms with Gasteiger partial charge in [-0.15, -0.1) is 0 Å². The van der Waals surface area contributed by atoms with Crippen molar-refractivity contribution in [3.05, 3.63) is 41.7 Å². The third-order valence-electron chi connectivity index (χ3n) is 4.56. The fraction of sp³-hybridized carbons (Fsp3) is 0.400. The summed E-state index contributed by atoms with van der Waals surface area (Å²) >= 11 is 0. The molecule has 3 N–H and O–H groups in total. The van der Waals surface area contributed by atoms with Crippen molar-refractivity contribution in [2.45, 2.75) is 20.3 Å². The normalized spacial score (nSPS) is 13.9. The third-order valence-corrected chi connectivity index (χ3v) is 4.56. The van der Waals surface area contributed by atoms with Gasteiger partial charge >= 0.3 is 11.9 Å². The van der Waals surface area contributed by atoms with Crippen molar-refractivity contribution < 1.29 is 29.1 Å². The molecule has 2 aromatic rings. The first kappa shape index (κ1) is 22.9. The highest BCUT2D eigenvalue weighted by atomic mass is 16.5. The minimum absolute atomic E-state index is 0.0235. The van der Waals surface area contributed by atoms with Crippen molar-refractivity contribution in [2.24, 2.45) is 0 Å². The number of aliphatic carboxylic acids is 2. The van der Waals surface area contributed by atoms with E-state index in [1.807, 2.05) is 0 Å². The van der Waals surface area contributed by atoms with Crippen LogP contribution in [0.15, 0.2) is 34.9 Å². The number of carbonyl (C=O) groups excluding carboxylic acids is 1. The van der Waals surface area contributed by atoms with Crippen molar-refractivity contribution in [1.82, 2.24) is 10.1 Å². The predicted molar refractivity (Wildman–Crippen MR) is 110 cm³/mol. The molecule has 0 atom stereocenters. The highest BCUT2D eigenvalue weighted by Gasteiger charge is 2.19. The number of para-hydroxylation sites is 1. The molecule has 10 heteroatoms. The third kappa shape index (κ3) is 7.21. The largest absolute Gasteiger partial charge is 0.473 e. The number of aryl methyl sites for hydroxylation is 2. The average molecular weight is 418 g/mol. The van der Waals surface area contributed by atoms with Gasteiger partial charge in [0.15, 0.2) is 5.82 Å². The number of hydrogen-bond donors (Lipinski definition) is 3. The Hall–Kier alpha value is -3.40. The number of hydrogen-bond acceptors (Lipinski definition) is 7. The quantitative estimate of drug-likeness (QED) is 0.618. The highest BCUT2D eigenvalue weighted by molar-refractivity contribution is 6.27. The zero-order valence-corrected chi connectivity index (χ0v) is 17.0. The second-order valence-corrected chi connectivity index (χ2v) is 6.85. The van der Waals surface area contributed by atoms with Gasteiger partial charge in [0.25, 0.3) is 0 Å². The van der Waals surface area contributed by atoms with Gasteiger partial charge in [0.05, 0.1) is 0 Å². The minimum Gasteiger partial charge on any atom is -0.473 e. The molecule has 0 radical (unpaired) electrons. The molecule has 1 aromatic carbocycles. The molecular formula is C20H26N4O6. The van der Waals surface area contributed by atoms with Crippen LogP contribution in [0.2, 0.25) is 0 Å². The molecule has 162 valence electrons. The lowest BCUT2D eigenvalue weighted by Crippen LogP contribution is -2.47. The first-order valence-electron chi connectivity index (χ1n) is 9.48. The van der Waals surface area contributed by atoms with Crippen LogP contribution in [0.5, 0.6) is 0 Å². The molecular weight excluding hydrogens is 392 g/mol. The number of carboxylic acid groups (broad SMARTS) is 2. The first-order valence-corrected chi connectivity index (χ1v) is 9.48. The van der Waals surface area contributed by atoms with Crippen LogP contribution in [0.1, 0.15) is 17.7 Å². The van der Waals surface area contributed by atoms with Crippen molar-refractivity contribution in [3.8, 4) is 0 Å². The lowest BCUT2D eigenvalue weighted by atomic mass is 10.1. The summed E-state index contributed by atoms with van der Waals surface area (Å²) in [7, 11) is 0. The van der Waals surface area contributed by atoms with Crippen LogP contribution >= 0.6 is 0 Å². The number of nitrogens with one attached hydrogen (secondary N) is 1. The molecule has 1 fully saturated rings. The number of anilines is 2. The zero-order chi connectivity index (χ0) is 22.1. The second-order valence-electron chi connectivity index (χ2n) is 6.85.